The Bertz CT molecular complexity index is 418. The third-order valence-electron chi connectivity index (χ3n) is 3.50. The van der Waals surface area contributed by atoms with Crippen molar-refractivity contribution in [2.75, 3.05) is 39.4 Å². The molecule has 2 saturated heterocycles. The van der Waals surface area contributed by atoms with Gasteiger partial charge in [0.2, 0.25) is 0 Å². The molecule has 3 heterocycles. The van der Waals surface area contributed by atoms with Gasteiger partial charge in [-0.1, -0.05) is 0 Å². The fourth-order valence-corrected chi connectivity index (χ4v) is 3.14. The Balaban J connectivity index is 1.62. The minimum Gasteiger partial charge on any atom is -0.370 e. The minimum absolute atomic E-state index is 0.000463. The van der Waals surface area contributed by atoms with Gasteiger partial charge in [0.05, 0.1) is 19.8 Å². The molecule has 0 saturated carbocycles. The molecule has 0 aromatic carbocycles. The van der Waals surface area contributed by atoms with E-state index in [1.807, 2.05) is 10.3 Å². The zero-order valence-corrected chi connectivity index (χ0v) is 11.5. The van der Waals surface area contributed by atoms with E-state index >= 15 is 0 Å². The largest absolute Gasteiger partial charge is 0.370 e. The summed E-state index contributed by atoms with van der Waals surface area (Å²) < 4.78 is 11.3. The summed E-state index contributed by atoms with van der Waals surface area (Å²) in [6.07, 6.45) is -0.338. The third-order valence-corrected chi connectivity index (χ3v) is 4.20. The summed E-state index contributed by atoms with van der Waals surface area (Å²) in [5.74, 6) is 0.0794. The standard InChI is InChI=1S/C13H18N2O3S/c16-13(11-7-14-2-4-17-11)15-3-5-18-12(8-15)10-1-6-19-9-10/h1,6,9,11-12,14H,2-5,7-8H2. The van der Waals surface area contributed by atoms with E-state index in [0.29, 0.717) is 32.8 Å². The molecular formula is C13H18N2O3S. The van der Waals surface area contributed by atoms with Crippen molar-refractivity contribution in [2.24, 2.45) is 0 Å². The quantitative estimate of drug-likeness (QED) is 0.865. The van der Waals surface area contributed by atoms with Crippen LogP contribution in [0.1, 0.15) is 11.7 Å². The highest BCUT2D eigenvalue weighted by atomic mass is 32.1. The molecule has 0 bridgehead atoms. The van der Waals surface area contributed by atoms with Gasteiger partial charge >= 0.3 is 0 Å². The van der Waals surface area contributed by atoms with E-state index in [4.69, 9.17) is 9.47 Å². The van der Waals surface area contributed by atoms with Crippen LogP contribution in [0, 0.1) is 0 Å². The van der Waals surface area contributed by atoms with Crippen molar-refractivity contribution < 1.29 is 14.3 Å². The lowest BCUT2D eigenvalue weighted by Gasteiger charge is -2.35. The zero-order valence-electron chi connectivity index (χ0n) is 10.7. The summed E-state index contributed by atoms with van der Waals surface area (Å²) in [7, 11) is 0. The molecule has 2 aliphatic heterocycles. The number of amides is 1. The first-order chi connectivity index (χ1) is 9.34. The molecule has 2 fully saturated rings. The van der Waals surface area contributed by atoms with E-state index in [1.165, 1.54) is 0 Å². The highest BCUT2D eigenvalue weighted by Gasteiger charge is 2.31. The first-order valence-corrected chi connectivity index (χ1v) is 7.53. The Hall–Kier alpha value is -0.950. The smallest absolute Gasteiger partial charge is 0.253 e. The van der Waals surface area contributed by atoms with Gasteiger partial charge in [-0.05, 0) is 22.4 Å². The van der Waals surface area contributed by atoms with Gasteiger partial charge in [-0.3, -0.25) is 4.79 Å². The van der Waals surface area contributed by atoms with Crippen molar-refractivity contribution >= 4 is 17.2 Å². The normalized spacial score (nSPS) is 28.3. The van der Waals surface area contributed by atoms with Crippen LogP contribution in [0.2, 0.25) is 0 Å². The lowest BCUT2D eigenvalue weighted by molar-refractivity contribution is -0.152. The SMILES string of the molecule is O=C(C1CNCCO1)N1CCOC(c2ccsc2)C1. The van der Waals surface area contributed by atoms with Crippen LogP contribution in [0.5, 0.6) is 0 Å². The van der Waals surface area contributed by atoms with Crippen molar-refractivity contribution in [3.05, 3.63) is 22.4 Å². The summed E-state index contributed by atoms with van der Waals surface area (Å²) in [6.45, 7) is 3.90. The maximum atomic E-state index is 12.4. The Morgan fingerprint density at radius 1 is 1.42 bits per heavy atom. The molecule has 0 aliphatic carbocycles. The van der Waals surface area contributed by atoms with Crippen LogP contribution >= 0.6 is 11.3 Å². The summed E-state index contributed by atoms with van der Waals surface area (Å²) in [5, 5.41) is 7.31. The molecule has 0 radical (unpaired) electrons. The molecule has 1 amide bonds. The van der Waals surface area contributed by atoms with Gasteiger partial charge < -0.3 is 19.7 Å². The molecule has 0 spiro atoms. The maximum Gasteiger partial charge on any atom is 0.253 e. The van der Waals surface area contributed by atoms with Crippen LogP contribution in [0.25, 0.3) is 0 Å². The highest BCUT2D eigenvalue weighted by molar-refractivity contribution is 7.07. The molecule has 2 aliphatic rings. The van der Waals surface area contributed by atoms with Gasteiger partial charge in [0.1, 0.15) is 12.2 Å². The van der Waals surface area contributed by atoms with Gasteiger partial charge in [-0.15, -0.1) is 0 Å². The number of ether oxygens (including phenoxy) is 2. The Morgan fingerprint density at radius 3 is 3.11 bits per heavy atom. The molecule has 1 N–H and O–H groups in total. The van der Waals surface area contributed by atoms with Crippen LogP contribution < -0.4 is 5.32 Å². The zero-order chi connectivity index (χ0) is 13.1. The topological polar surface area (TPSA) is 50.8 Å². The van der Waals surface area contributed by atoms with Crippen molar-refractivity contribution in [1.29, 1.82) is 0 Å². The summed E-state index contributed by atoms with van der Waals surface area (Å²) in [6, 6.07) is 2.06. The maximum absolute atomic E-state index is 12.4. The number of hydrogen-bond acceptors (Lipinski definition) is 5. The Kier molecular flexibility index (Phi) is 4.12. The molecule has 2 atom stereocenters. The lowest BCUT2D eigenvalue weighted by atomic mass is 10.1. The average molecular weight is 282 g/mol. The van der Waals surface area contributed by atoms with Gasteiger partial charge in [-0.2, -0.15) is 11.3 Å². The fourth-order valence-electron chi connectivity index (χ4n) is 2.44. The summed E-state index contributed by atoms with van der Waals surface area (Å²) in [4.78, 5) is 14.2. The predicted molar refractivity (Wildman–Crippen MR) is 72.2 cm³/mol. The summed E-state index contributed by atoms with van der Waals surface area (Å²) >= 11 is 1.65. The molecule has 1 aromatic heterocycles. The molecule has 104 valence electrons. The number of morpholine rings is 2. The Morgan fingerprint density at radius 2 is 2.37 bits per heavy atom. The minimum atomic E-state index is -0.338. The first-order valence-electron chi connectivity index (χ1n) is 6.59. The molecule has 5 nitrogen and oxygen atoms in total. The van der Waals surface area contributed by atoms with Gasteiger partial charge in [-0.25, -0.2) is 0 Å². The van der Waals surface area contributed by atoms with E-state index in [1.54, 1.807) is 11.3 Å². The van der Waals surface area contributed by atoms with Crippen LogP contribution in [-0.2, 0) is 14.3 Å². The van der Waals surface area contributed by atoms with Gasteiger partial charge in [0.15, 0.2) is 0 Å². The molecular weight excluding hydrogens is 264 g/mol. The first kappa shape index (κ1) is 13.1. The van der Waals surface area contributed by atoms with Crippen LogP contribution in [0.3, 0.4) is 0 Å². The fraction of sp³-hybridized carbons (Fsp3) is 0.615. The monoisotopic (exact) mass is 282 g/mol. The van der Waals surface area contributed by atoms with Crippen molar-refractivity contribution in [2.45, 2.75) is 12.2 Å². The van der Waals surface area contributed by atoms with Crippen molar-refractivity contribution in [1.82, 2.24) is 10.2 Å². The second-order valence-corrected chi connectivity index (χ2v) is 5.54. The van der Waals surface area contributed by atoms with Crippen LogP contribution in [0.4, 0.5) is 0 Å². The number of carbonyl (C=O) groups is 1. The number of nitrogens with zero attached hydrogens (tertiary/aromatic N) is 1. The van der Waals surface area contributed by atoms with Crippen LogP contribution in [0.15, 0.2) is 16.8 Å². The third kappa shape index (κ3) is 2.97. The molecule has 6 heteroatoms. The van der Waals surface area contributed by atoms with Gasteiger partial charge in [0.25, 0.3) is 5.91 Å². The van der Waals surface area contributed by atoms with E-state index < -0.39 is 0 Å². The summed E-state index contributed by atoms with van der Waals surface area (Å²) in [5.41, 5.74) is 1.16. The van der Waals surface area contributed by atoms with E-state index in [2.05, 4.69) is 16.8 Å². The van der Waals surface area contributed by atoms with Crippen molar-refractivity contribution in [3.8, 4) is 0 Å². The Labute approximate surface area is 116 Å². The van der Waals surface area contributed by atoms with Crippen LogP contribution in [-0.4, -0.2) is 56.3 Å². The lowest BCUT2D eigenvalue weighted by Crippen LogP contribution is -2.52. The van der Waals surface area contributed by atoms with Gasteiger partial charge in [0, 0.05) is 19.6 Å². The highest BCUT2D eigenvalue weighted by Crippen LogP contribution is 2.24. The number of carbonyl (C=O) groups excluding carboxylic acids is 1. The molecule has 1 aromatic rings. The second-order valence-electron chi connectivity index (χ2n) is 4.76. The molecule has 19 heavy (non-hydrogen) atoms. The number of hydrogen-bond donors (Lipinski definition) is 1. The number of rotatable bonds is 2. The van der Waals surface area contributed by atoms with Crippen molar-refractivity contribution in [3.63, 3.8) is 0 Å². The number of thiophene rings is 1. The molecule has 3 rings (SSSR count). The van der Waals surface area contributed by atoms with E-state index in [0.717, 1.165) is 12.1 Å². The van der Waals surface area contributed by atoms with E-state index in [9.17, 15) is 4.79 Å². The van der Waals surface area contributed by atoms with E-state index in [-0.39, 0.29) is 18.1 Å². The number of nitrogens with one attached hydrogen (secondary N) is 1. The second kappa shape index (κ2) is 6.00. The molecule has 2 unspecified atom stereocenters. The average Bonchev–Trinajstić information content (AvgIpc) is 3.02. The predicted octanol–water partition coefficient (Wildman–Crippen LogP) is 0.636.